The van der Waals surface area contributed by atoms with Crippen molar-refractivity contribution in [2.24, 2.45) is 0 Å². The number of halogens is 1. The summed E-state index contributed by atoms with van der Waals surface area (Å²) in [6.07, 6.45) is 1.89. The quantitative estimate of drug-likeness (QED) is 0.404. The fourth-order valence-corrected chi connectivity index (χ4v) is 4.46. The Balaban J connectivity index is 1.49. The van der Waals surface area contributed by atoms with E-state index in [1.54, 1.807) is 13.2 Å². The van der Waals surface area contributed by atoms with Crippen molar-refractivity contribution in [3.05, 3.63) is 90.4 Å². The van der Waals surface area contributed by atoms with Gasteiger partial charge in [0.05, 0.1) is 24.7 Å². The highest BCUT2D eigenvalue weighted by molar-refractivity contribution is 5.69. The van der Waals surface area contributed by atoms with Crippen LogP contribution < -0.4 is 4.74 Å². The molecular weight excluding hydrogens is 427 g/mol. The Morgan fingerprint density at radius 3 is 2.15 bits per heavy atom. The van der Waals surface area contributed by atoms with E-state index < -0.39 is 0 Å². The minimum atomic E-state index is -0.237. The number of piperazine rings is 1. The molecule has 0 unspecified atom stereocenters. The Labute approximate surface area is 200 Å². The molecule has 4 aromatic rings. The van der Waals surface area contributed by atoms with Crippen LogP contribution in [0.15, 0.2) is 79.0 Å². The van der Waals surface area contributed by atoms with Crippen molar-refractivity contribution in [1.82, 2.24) is 19.6 Å². The molecule has 1 aromatic heterocycles. The van der Waals surface area contributed by atoms with Crippen LogP contribution in [0.4, 0.5) is 4.39 Å². The molecule has 174 valence electrons. The third-order valence-electron chi connectivity index (χ3n) is 6.50. The molecule has 0 spiro atoms. The molecular formula is C28H29FN4O. The predicted molar refractivity (Wildman–Crippen MR) is 134 cm³/mol. The van der Waals surface area contributed by atoms with Crippen LogP contribution in [0.1, 0.15) is 5.56 Å². The van der Waals surface area contributed by atoms with Gasteiger partial charge in [0.2, 0.25) is 0 Å². The van der Waals surface area contributed by atoms with Gasteiger partial charge in [0.15, 0.2) is 0 Å². The second-order valence-corrected chi connectivity index (χ2v) is 8.76. The highest BCUT2D eigenvalue weighted by Crippen LogP contribution is 2.31. The maximum atomic E-state index is 14.9. The van der Waals surface area contributed by atoms with Gasteiger partial charge in [0, 0.05) is 43.9 Å². The molecule has 0 bridgehead atoms. The molecule has 0 radical (unpaired) electrons. The first-order chi connectivity index (χ1) is 16.6. The van der Waals surface area contributed by atoms with Crippen LogP contribution in [0, 0.1) is 5.82 Å². The summed E-state index contributed by atoms with van der Waals surface area (Å²) in [4.78, 5) is 4.75. The molecule has 0 saturated carbocycles. The number of benzene rings is 3. The van der Waals surface area contributed by atoms with Crippen molar-refractivity contribution >= 4 is 0 Å². The SMILES string of the molecule is COc1ccc(-c2ccc(-n3ncc(CN4CCN(C)CC4)c3-c3ccccc3F)cc2)cc1. The molecule has 1 aliphatic heterocycles. The zero-order chi connectivity index (χ0) is 23.5. The predicted octanol–water partition coefficient (Wildman–Crippen LogP) is 5.10. The number of aromatic nitrogens is 2. The van der Waals surface area contributed by atoms with Gasteiger partial charge < -0.3 is 9.64 Å². The smallest absolute Gasteiger partial charge is 0.132 e. The molecule has 1 fully saturated rings. The second kappa shape index (κ2) is 9.79. The molecule has 1 saturated heterocycles. The van der Waals surface area contributed by atoms with Gasteiger partial charge in [-0.05, 0) is 54.6 Å². The highest BCUT2D eigenvalue weighted by atomic mass is 19.1. The Hall–Kier alpha value is -3.48. The fourth-order valence-electron chi connectivity index (χ4n) is 4.46. The van der Waals surface area contributed by atoms with E-state index in [1.807, 2.05) is 59.4 Å². The van der Waals surface area contributed by atoms with Gasteiger partial charge in [-0.1, -0.05) is 36.4 Å². The van der Waals surface area contributed by atoms with E-state index in [9.17, 15) is 4.39 Å². The van der Waals surface area contributed by atoms with Gasteiger partial charge in [0.1, 0.15) is 11.6 Å². The summed E-state index contributed by atoms with van der Waals surface area (Å²) in [6, 6.07) is 23.2. The summed E-state index contributed by atoms with van der Waals surface area (Å²) in [5.74, 6) is 0.595. The van der Waals surface area contributed by atoms with E-state index in [0.29, 0.717) is 5.56 Å². The molecule has 2 heterocycles. The average Bonchev–Trinajstić information content (AvgIpc) is 3.29. The maximum Gasteiger partial charge on any atom is 0.132 e. The summed E-state index contributed by atoms with van der Waals surface area (Å²) in [5, 5.41) is 4.71. The summed E-state index contributed by atoms with van der Waals surface area (Å²) in [5.41, 5.74) is 5.54. The summed E-state index contributed by atoms with van der Waals surface area (Å²) < 4.78 is 22.1. The van der Waals surface area contributed by atoms with Gasteiger partial charge in [-0.2, -0.15) is 5.10 Å². The van der Waals surface area contributed by atoms with Gasteiger partial charge in [-0.3, -0.25) is 4.90 Å². The van der Waals surface area contributed by atoms with Crippen LogP contribution in [-0.4, -0.2) is 59.9 Å². The van der Waals surface area contributed by atoms with Crippen molar-refractivity contribution < 1.29 is 9.13 Å². The molecule has 5 nitrogen and oxygen atoms in total. The highest BCUT2D eigenvalue weighted by Gasteiger charge is 2.21. The van der Waals surface area contributed by atoms with Crippen molar-refractivity contribution in [3.8, 4) is 33.8 Å². The number of likely N-dealkylation sites (N-methyl/N-ethyl adjacent to an activating group) is 1. The van der Waals surface area contributed by atoms with Gasteiger partial charge in [0.25, 0.3) is 0 Å². The van der Waals surface area contributed by atoms with Crippen LogP contribution in [-0.2, 0) is 6.54 Å². The lowest BCUT2D eigenvalue weighted by Crippen LogP contribution is -2.43. The molecule has 1 aliphatic rings. The van der Waals surface area contributed by atoms with Crippen LogP contribution in [0.3, 0.4) is 0 Å². The van der Waals surface area contributed by atoms with E-state index >= 15 is 0 Å². The molecule has 0 N–H and O–H groups in total. The molecule has 6 heteroatoms. The third-order valence-corrected chi connectivity index (χ3v) is 6.50. The van der Waals surface area contributed by atoms with E-state index in [1.165, 1.54) is 6.07 Å². The van der Waals surface area contributed by atoms with Crippen molar-refractivity contribution in [2.75, 3.05) is 40.3 Å². The summed E-state index contributed by atoms with van der Waals surface area (Å²) in [6.45, 7) is 4.82. The minimum Gasteiger partial charge on any atom is -0.497 e. The topological polar surface area (TPSA) is 33.5 Å². The van der Waals surface area contributed by atoms with Crippen LogP contribution >= 0.6 is 0 Å². The molecule has 34 heavy (non-hydrogen) atoms. The lowest BCUT2D eigenvalue weighted by atomic mass is 10.0. The average molecular weight is 457 g/mol. The van der Waals surface area contributed by atoms with E-state index in [4.69, 9.17) is 9.84 Å². The lowest BCUT2D eigenvalue weighted by molar-refractivity contribution is 0.148. The molecule has 0 amide bonds. The van der Waals surface area contributed by atoms with Gasteiger partial charge in [-0.25, -0.2) is 9.07 Å². The monoisotopic (exact) mass is 456 g/mol. The fraction of sp³-hybridized carbons (Fsp3) is 0.250. The molecule has 5 rings (SSSR count). The number of hydrogen-bond acceptors (Lipinski definition) is 4. The van der Waals surface area contributed by atoms with Gasteiger partial charge in [-0.15, -0.1) is 0 Å². The number of ether oxygens (including phenoxy) is 1. The van der Waals surface area contributed by atoms with Crippen molar-refractivity contribution in [2.45, 2.75) is 6.54 Å². The Morgan fingerprint density at radius 2 is 1.50 bits per heavy atom. The number of rotatable bonds is 6. The zero-order valence-corrected chi connectivity index (χ0v) is 19.6. The minimum absolute atomic E-state index is 0.237. The van der Waals surface area contributed by atoms with E-state index in [2.05, 4.69) is 29.0 Å². The van der Waals surface area contributed by atoms with Crippen LogP contribution in [0.5, 0.6) is 5.75 Å². The van der Waals surface area contributed by atoms with Crippen LogP contribution in [0.25, 0.3) is 28.1 Å². The summed E-state index contributed by atoms with van der Waals surface area (Å²) in [7, 11) is 3.81. The number of hydrogen-bond donors (Lipinski definition) is 0. The zero-order valence-electron chi connectivity index (χ0n) is 19.6. The van der Waals surface area contributed by atoms with Gasteiger partial charge >= 0.3 is 0 Å². The van der Waals surface area contributed by atoms with Crippen molar-refractivity contribution in [3.63, 3.8) is 0 Å². The Bertz CT molecular complexity index is 1240. The molecule has 0 aliphatic carbocycles. The lowest BCUT2D eigenvalue weighted by Gasteiger charge is -2.32. The first-order valence-electron chi connectivity index (χ1n) is 11.6. The maximum absolute atomic E-state index is 14.9. The standard InChI is InChI=1S/C28H29FN4O/c1-31-15-17-32(18-16-31)20-23-19-30-33(28(23)26-5-3-4-6-27(26)29)24-11-7-21(8-12-24)22-9-13-25(34-2)14-10-22/h3-14,19H,15-18,20H2,1-2H3. The molecule has 3 aromatic carbocycles. The first-order valence-corrected chi connectivity index (χ1v) is 11.6. The van der Waals surface area contributed by atoms with E-state index in [0.717, 1.165) is 66.5 Å². The normalized spacial score (nSPS) is 14.9. The summed E-state index contributed by atoms with van der Waals surface area (Å²) >= 11 is 0. The Morgan fingerprint density at radius 1 is 0.853 bits per heavy atom. The molecule has 0 atom stereocenters. The second-order valence-electron chi connectivity index (χ2n) is 8.76. The van der Waals surface area contributed by atoms with E-state index in [-0.39, 0.29) is 5.82 Å². The van der Waals surface area contributed by atoms with Crippen molar-refractivity contribution in [1.29, 1.82) is 0 Å². The number of methoxy groups -OCH3 is 1. The Kier molecular flexibility index (Phi) is 6.43. The largest absolute Gasteiger partial charge is 0.497 e. The number of nitrogens with zero attached hydrogens (tertiary/aromatic N) is 4. The third kappa shape index (κ3) is 4.60. The van der Waals surface area contributed by atoms with Crippen LogP contribution in [0.2, 0.25) is 0 Å². The first kappa shape index (κ1) is 22.3.